The van der Waals surface area contributed by atoms with Gasteiger partial charge >= 0.3 is 0 Å². The minimum absolute atomic E-state index is 0.713. The summed E-state index contributed by atoms with van der Waals surface area (Å²) in [6.45, 7) is 0. The van der Waals surface area contributed by atoms with Gasteiger partial charge in [-0.3, -0.25) is 0 Å². The molecule has 3 heteroatoms. The van der Waals surface area contributed by atoms with Gasteiger partial charge in [0.2, 0.25) is 0 Å². The van der Waals surface area contributed by atoms with Crippen molar-refractivity contribution in [3.63, 3.8) is 0 Å². The molecule has 2 aromatic heterocycles. The molecule has 0 bridgehead atoms. The van der Waals surface area contributed by atoms with Gasteiger partial charge in [0, 0.05) is 36.9 Å². The van der Waals surface area contributed by atoms with Gasteiger partial charge in [-0.1, -0.05) is 133 Å². The number of aromatic nitrogens is 2. The van der Waals surface area contributed by atoms with Crippen LogP contribution < -0.4 is 0 Å². The molecule has 0 saturated carbocycles. The van der Waals surface area contributed by atoms with Gasteiger partial charge < -0.3 is 0 Å². The summed E-state index contributed by atoms with van der Waals surface area (Å²) in [5.41, 5.74) is 9.66. The molecule has 0 fully saturated rings. The summed E-state index contributed by atoms with van der Waals surface area (Å²) in [7, 11) is 0. The fourth-order valence-corrected chi connectivity index (χ4v) is 7.80. The predicted molar refractivity (Wildman–Crippen MR) is 200 cm³/mol. The summed E-state index contributed by atoms with van der Waals surface area (Å²) in [5.74, 6) is 0.713. The van der Waals surface area contributed by atoms with E-state index in [9.17, 15) is 0 Å². The molecular weight excluding hydrogens is 589 g/mol. The van der Waals surface area contributed by atoms with Crippen LogP contribution >= 0.6 is 11.3 Å². The van der Waals surface area contributed by atoms with Gasteiger partial charge in [-0.15, -0.1) is 11.3 Å². The van der Waals surface area contributed by atoms with Crippen molar-refractivity contribution in [3.05, 3.63) is 170 Å². The van der Waals surface area contributed by atoms with Crippen molar-refractivity contribution in [2.75, 3.05) is 0 Å². The first-order chi connectivity index (χ1) is 23.3. The fourth-order valence-electron chi connectivity index (χ4n) is 6.64. The van der Waals surface area contributed by atoms with Crippen molar-refractivity contribution < 1.29 is 0 Å². The first kappa shape index (κ1) is 27.4. The molecule has 0 saturated heterocycles. The van der Waals surface area contributed by atoms with Crippen LogP contribution in [-0.2, 0) is 0 Å². The Hall–Kier alpha value is -5.90. The second kappa shape index (κ2) is 11.5. The molecule has 2 heterocycles. The fraction of sp³-hybridized carbons (Fsp3) is 0. The van der Waals surface area contributed by atoms with Gasteiger partial charge in [0.05, 0.1) is 11.4 Å². The lowest BCUT2D eigenvalue weighted by molar-refractivity contribution is 1.18. The third-order valence-electron chi connectivity index (χ3n) is 8.84. The summed E-state index contributed by atoms with van der Waals surface area (Å²) < 4.78 is 2.60. The summed E-state index contributed by atoms with van der Waals surface area (Å²) in [6, 6.07) is 60.3. The smallest absolute Gasteiger partial charge is 0.160 e. The number of hydrogen-bond donors (Lipinski definition) is 0. The second-order valence-electron chi connectivity index (χ2n) is 11.8. The highest BCUT2D eigenvalue weighted by molar-refractivity contribution is 7.26. The van der Waals surface area contributed by atoms with Crippen molar-refractivity contribution in [1.82, 2.24) is 9.97 Å². The van der Waals surface area contributed by atoms with Crippen LogP contribution in [0.15, 0.2) is 170 Å². The Kier molecular flexibility index (Phi) is 6.69. The Morgan fingerprint density at radius 2 is 0.915 bits per heavy atom. The van der Waals surface area contributed by atoms with Gasteiger partial charge in [0.25, 0.3) is 0 Å². The Bertz CT molecular complexity index is 2500. The van der Waals surface area contributed by atoms with E-state index in [-0.39, 0.29) is 0 Å². The van der Waals surface area contributed by atoms with Crippen LogP contribution in [-0.4, -0.2) is 9.97 Å². The molecule has 47 heavy (non-hydrogen) atoms. The minimum Gasteiger partial charge on any atom is -0.228 e. The lowest BCUT2D eigenvalue weighted by atomic mass is 9.89. The van der Waals surface area contributed by atoms with Crippen molar-refractivity contribution in [2.45, 2.75) is 0 Å². The van der Waals surface area contributed by atoms with Crippen LogP contribution in [0.25, 0.3) is 87.1 Å². The highest BCUT2D eigenvalue weighted by Gasteiger charge is 2.18. The normalized spacial score (nSPS) is 11.4. The van der Waals surface area contributed by atoms with E-state index in [1.54, 1.807) is 0 Å². The first-order valence-electron chi connectivity index (χ1n) is 15.8. The minimum atomic E-state index is 0.713. The molecule has 7 aromatic carbocycles. The molecule has 0 spiro atoms. The van der Waals surface area contributed by atoms with Gasteiger partial charge in [-0.05, 0) is 69.4 Å². The quantitative estimate of drug-likeness (QED) is 0.192. The third kappa shape index (κ3) is 4.98. The molecule has 0 radical (unpaired) electrons. The molecule has 9 aromatic rings. The number of benzene rings is 7. The topological polar surface area (TPSA) is 25.8 Å². The Labute approximate surface area is 277 Å². The summed E-state index contributed by atoms with van der Waals surface area (Å²) in [4.78, 5) is 10.3. The highest BCUT2D eigenvalue weighted by atomic mass is 32.1. The van der Waals surface area contributed by atoms with E-state index in [4.69, 9.17) is 9.97 Å². The molecule has 220 valence electrons. The molecule has 0 amide bonds. The van der Waals surface area contributed by atoms with E-state index in [1.807, 2.05) is 35.6 Å². The lowest BCUT2D eigenvalue weighted by Gasteiger charge is -2.15. The van der Waals surface area contributed by atoms with E-state index in [1.165, 1.54) is 47.6 Å². The number of thiophene rings is 1. The maximum absolute atomic E-state index is 5.22. The molecule has 2 nitrogen and oxygen atoms in total. The number of hydrogen-bond acceptors (Lipinski definition) is 3. The molecule has 0 aliphatic heterocycles. The molecule has 0 unspecified atom stereocenters. The van der Waals surface area contributed by atoms with Crippen LogP contribution in [0, 0.1) is 0 Å². The van der Waals surface area contributed by atoms with Gasteiger partial charge in [0.15, 0.2) is 5.82 Å². The average molecular weight is 617 g/mol. The maximum Gasteiger partial charge on any atom is 0.160 e. The molecule has 0 N–H and O–H groups in total. The molecular formula is C44H28N2S. The third-order valence-corrected chi connectivity index (χ3v) is 9.96. The van der Waals surface area contributed by atoms with Gasteiger partial charge in [-0.2, -0.15) is 0 Å². The van der Waals surface area contributed by atoms with Gasteiger partial charge in [0.1, 0.15) is 0 Å². The van der Waals surface area contributed by atoms with Crippen molar-refractivity contribution in [1.29, 1.82) is 0 Å². The molecule has 0 aliphatic carbocycles. The summed E-state index contributed by atoms with van der Waals surface area (Å²) in [5, 5.41) is 5.09. The van der Waals surface area contributed by atoms with E-state index < -0.39 is 0 Å². The van der Waals surface area contributed by atoms with Crippen molar-refractivity contribution in [2.24, 2.45) is 0 Å². The zero-order chi connectivity index (χ0) is 31.2. The van der Waals surface area contributed by atoms with Crippen LogP contribution in [0.5, 0.6) is 0 Å². The van der Waals surface area contributed by atoms with E-state index in [0.717, 1.165) is 33.6 Å². The zero-order valence-electron chi connectivity index (χ0n) is 25.5. The first-order valence-corrected chi connectivity index (χ1v) is 16.6. The largest absolute Gasteiger partial charge is 0.228 e. The Morgan fingerprint density at radius 1 is 0.362 bits per heavy atom. The number of nitrogens with zero attached hydrogens (tertiary/aromatic N) is 2. The Morgan fingerprint density at radius 3 is 1.66 bits per heavy atom. The summed E-state index contributed by atoms with van der Waals surface area (Å²) >= 11 is 1.87. The number of fused-ring (bicyclic) bond motifs is 4. The molecule has 0 aliphatic rings. The number of rotatable bonds is 5. The monoisotopic (exact) mass is 616 g/mol. The van der Waals surface area contributed by atoms with E-state index >= 15 is 0 Å². The van der Waals surface area contributed by atoms with Crippen LogP contribution in [0.1, 0.15) is 0 Å². The van der Waals surface area contributed by atoms with Crippen LogP contribution in [0.3, 0.4) is 0 Å². The maximum atomic E-state index is 5.22. The SMILES string of the molecule is c1ccc(-c2cc(-c3cc(-c4ccccc4)nc(-c4ccccc4)n3)cc(-c3c4ccccc4cc4sc5ccccc5c34)c2)cc1. The average Bonchev–Trinajstić information content (AvgIpc) is 3.52. The van der Waals surface area contributed by atoms with E-state index in [2.05, 4.69) is 146 Å². The zero-order valence-corrected chi connectivity index (χ0v) is 26.3. The van der Waals surface area contributed by atoms with Crippen molar-refractivity contribution in [3.8, 4) is 56.2 Å². The van der Waals surface area contributed by atoms with Crippen molar-refractivity contribution >= 4 is 42.3 Å². The van der Waals surface area contributed by atoms with Crippen LogP contribution in [0.4, 0.5) is 0 Å². The van der Waals surface area contributed by atoms with Crippen LogP contribution in [0.2, 0.25) is 0 Å². The van der Waals surface area contributed by atoms with Gasteiger partial charge in [-0.25, -0.2) is 9.97 Å². The lowest BCUT2D eigenvalue weighted by Crippen LogP contribution is -1.96. The van der Waals surface area contributed by atoms with E-state index in [0.29, 0.717) is 5.82 Å². The Balaban J connectivity index is 1.37. The summed E-state index contributed by atoms with van der Waals surface area (Å²) in [6.07, 6.45) is 0. The second-order valence-corrected chi connectivity index (χ2v) is 12.9. The highest BCUT2D eigenvalue weighted by Crippen LogP contribution is 2.46. The predicted octanol–water partition coefficient (Wildman–Crippen LogP) is 12.3. The standard InChI is InChI=1S/C44H28N2S/c1-4-14-29(15-5-1)33-24-34(39-28-38(30-16-6-2-7-17-30)45-44(46-39)31-18-8-3-9-19-31)26-35(25-33)42-36-21-11-10-20-32(36)27-41-43(42)37-22-12-13-23-40(37)47-41/h1-28H. The molecule has 0 atom stereocenters. The molecule has 9 rings (SSSR count).